The van der Waals surface area contributed by atoms with Crippen LogP contribution in [0.2, 0.25) is 0 Å². The maximum Gasteiger partial charge on any atom is 0.128 e. The van der Waals surface area contributed by atoms with E-state index in [1.807, 2.05) is 25.1 Å². The molecule has 1 aromatic rings. The molecule has 1 aliphatic heterocycles. The fourth-order valence-electron chi connectivity index (χ4n) is 1.80. The molecule has 0 saturated heterocycles. The second-order valence-electron chi connectivity index (χ2n) is 3.67. The monoisotopic (exact) mass is 193 g/mol. The summed E-state index contributed by atoms with van der Waals surface area (Å²) in [5.74, 6) is 1.67. The summed E-state index contributed by atoms with van der Waals surface area (Å²) in [5.41, 5.74) is 7.08. The smallest absolute Gasteiger partial charge is 0.128 e. The Morgan fingerprint density at radius 3 is 3.00 bits per heavy atom. The normalized spacial score (nSPS) is 25.1. The number of rotatable bonds is 1. The van der Waals surface area contributed by atoms with Gasteiger partial charge in [0.25, 0.3) is 0 Å². The zero-order valence-corrected chi connectivity index (χ0v) is 8.49. The average Bonchev–Trinajstić information content (AvgIpc) is 2.16. The molecule has 1 heterocycles. The summed E-state index contributed by atoms with van der Waals surface area (Å²) in [6.45, 7) is 2.03. The van der Waals surface area contributed by atoms with Gasteiger partial charge in [-0.3, -0.25) is 0 Å². The Balaban J connectivity index is 2.39. The fraction of sp³-hybridized carbons (Fsp3) is 0.455. The summed E-state index contributed by atoms with van der Waals surface area (Å²) in [6.07, 6.45) is 1.06. The predicted octanol–water partition coefficient (Wildman–Crippen LogP) is 1.87. The zero-order chi connectivity index (χ0) is 10.1. The summed E-state index contributed by atoms with van der Waals surface area (Å²) >= 11 is 0. The molecule has 76 valence electrons. The van der Waals surface area contributed by atoms with Crippen LogP contribution in [0.1, 0.15) is 24.9 Å². The number of benzene rings is 1. The standard InChI is InChI=1S/C11H15NO2/c1-7-5-10(12)9-4-3-8(13-2)6-11(9)14-7/h3-4,6-7,10H,5,12H2,1-2H3. The van der Waals surface area contributed by atoms with Crippen LogP contribution in [0.5, 0.6) is 11.5 Å². The molecule has 0 aromatic heterocycles. The number of fused-ring (bicyclic) bond motifs is 1. The first-order valence-corrected chi connectivity index (χ1v) is 4.81. The van der Waals surface area contributed by atoms with Crippen molar-refractivity contribution < 1.29 is 9.47 Å². The van der Waals surface area contributed by atoms with Crippen LogP contribution in [0.15, 0.2) is 18.2 Å². The van der Waals surface area contributed by atoms with Crippen LogP contribution in [0.3, 0.4) is 0 Å². The molecule has 0 fully saturated rings. The Hall–Kier alpha value is -1.22. The number of methoxy groups -OCH3 is 1. The van der Waals surface area contributed by atoms with E-state index >= 15 is 0 Å². The number of ether oxygens (including phenoxy) is 2. The second-order valence-corrected chi connectivity index (χ2v) is 3.67. The molecule has 3 heteroatoms. The first-order chi connectivity index (χ1) is 6.70. The Kier molecular flexibility index (Phi) is 2.33. The molecular weight excluding hydrogens is 178 g/mol. The van der Waals surface area contributed by atoms with E-state index in [0.717, 1.165) is 23.5 Å². The lowest BCUT2D eigenvalue weighted by molar-refractivity contribution is 0.176. The minimum Gasteiger partial charge on any atom is -0.497 e. The van der Waals surface area contributed by atoms with Gasteiger partial charge in [0.15, 0.2) is 0 Å². The first kappa shape index (κ1) is 9.34. The third-order valence-electron chi connectivity index (χ3n) is 2.53. The first-order valence-electron chi connectivity index (χ1n) is 4.81. The van der Waals surface area contributed by atoms with Gasteiger partial charge in [-0.2, -0.15) is 0 Å². The Labute approximate surface area is 83.8 Å². The lowest BCUT2D eigenvalue weighted by atomic mass is 9.98. The summed E-state index contributed by atoms with van der Waals surface area (Å²) < 4.78 is 10.8. The van der Waals surface area contributed by atoms with Crippen molar-refractivity contribution in [2.45, 2.75) is 25.5 Å². The van der Waals surface area contributed by atoms with E-state index in [9.17, 15) is 0 Å². The molecule has 3 nitrogen and oxygen atoms in total. The minimum absolute atomic E-state index is 0.0830. The van der Waals surface area contributed by atoms with Gasteiger partial charge in [-0.05, 0) is 13.0 Å². The molecule has 0 radical (unpaired) electrons. The number of hydrogen-bond acceptors (Lipinski definition) is 3. The van der Waals surface area contributed by atoms with Crippen molar-refractivity contribution >= 4 is 0 Å². The van der Waals surface area contributed by atoms with Crippen LogP contribution in [0, 0.1) is 0 Å². The Bertz CT molecular complexity index is 338. The molecule has 14 heavy (non-hydrogen) atoms. The van der Waals surface area contributed by atoms with Gasteiger partial charge in [-0.15, -0.1) is 0 Å². The van der Waals surface area contributed by atoms with Gasteiger partial charge in [0.05, 0.1) is 13.2 Å². The van der Waals surface area contributed by atoms with Crippen molar-refractivity contribution in [2.24, 2.45) is 5.73 Å². The highest BCUT2D eigenvalue weighted by molar-refractivity contribution is 5.43. The summed E-state index contributed by atoms with van der Waals surface area (Å²) in [6, 6.07) is 5.87. The third kappa shape index (κ3) is 1.55. The van der Waals surface area contributed by atoms with Gasteiger partial charge >= 0.3 is 0 Å². The average molecular weight is 193 g/mol. The van der Waals surface area contributed by atoms with Crippen molar-refractivity contribution in [3.63, 3.8) is 0 Å². The van der Waals surface area contributed by atoms with Crippen molar-refractivity contribution in [2.75, 3.05) is 7.11 Å². The van der Waals surface area contributed by atoms with Crippen LogP contribution >= 0.6 is 0 Å². The maximum atomic E-state index is 6.01. The van der Waals surface area contributed by atoms with E-state index in [1.54, 1.807) is 7.11 Å². The van der Waals surface area contributed by atoms with E-state index < -0.39 is 0 Å². The summed E-state index contributed by atoms with van der Waals surface area (Å²) in [5, 5.41) is 0. The van der Waals surface area contributed by atoms with Crippen molar-refractivity contribution in [3.8, 4) is 11.5 Å². The minimum atomic E-state index is 0.0830. The van der Waals surface area contributed by atoms with E-state index in [4.69, 9.17) is 15.2 Å². The number of hydrogen-bond donors (Lipinski definition) is 1. The summed E-state index contributed by atoms with van der Waals surface area (Å²) in [7, 11) is 1.65. The van der Waals surface area contributed by atoms with Gasteiger partial charge in [-0.1, -0.05) is 6.07 Å². The van der Waals surface area contributed by atoms with Gasteiger partial charge in [0.2, 0.25) is 0 Å². The molecule has 1 aliphatic rings. The molecule has 0 aliphatic carbocycles. The van der Waals surface area contributed by atoms with Gasteiger partial charge < -0.3 is 15.2 Å². The zero-order valence-electron chi connectivity index (χ0n) is 8.49. The SMILES string of the molecule is COc1ccc2c(c1)OC(C)CC2N. The molecule has 0 saturated carbocycles. The van der Waals surface area contributed by atoms with E-state index in [2.05, 4.69) is 0 Å². The molecule has 0 amide bonds. The second kappa shape index (κ2) is 3.50. The topological polar surface area (TPSA) is 44.5 Å². The highest BCUT2D eigenvalue weighted by Crippen LogP contribution is 2.35. The Morgan fingerprint density at radius 2 is 2.29 bits per heavy atom. The van der Waals surface area contributed by atoms with Crippen molar-refractivity contribution in [1.29, 1.82) is 0 Å². The largest absolute Gasteiger partial charge is 0.497 e. The molecule has 0 spiro atoms. The molecule has 1 aromatic carbocycles. The quantitative estimate of drug-likeness (QED) is 0.740. The van der Waals surface area contributed by atoms with Crippen molar-refractivity contribution in [1.82, 2.24) is 0 Å². The lowest BCUT2D eigenvalue weighted by Gasteiger charge is -2.28. The highest BCUT2D eigenvalue weighted by atomic mass is 16.5. The van der Waals surface area contributed by atoms with Crippen LogP contribution in [0.25, 0.3) is 0 Å². The van der Waals surface area contributed by atoms with Crippen LogP contribution in [0.4, 0.5) is 0 Å². The fourth-order valence-corrected chi connectivity index (χ4v) is 1.80. The predicted molar refractivity (Wildman–Crippen MR) is 54.6 cm³/mol. The van der Waals surface area contributed by atoms with E-state index in [1.165, 1.54) is 0 Å². The molecule has 2 rings (SSSR count). The van der Waals surface area contributed by atoms with Crippen LogP contribution in [-0.4, -0.2) is 13.2 Å². The third-order valence-corrected chi connectivity index (χ3v) is 2.53. The molecular formula is C11H15NO2. The highest BCUT2D eigenvalue weighted by Gasteiger charge is 2.23. The van der Waals surface area contributed by atoms with E-state index in [-0.39, 0.29) is 12.1 Å². The number of nitrogens with two attached hydrogens (primary N) is 1. The van der Waals surface area contributed by atoms with Gasteiger partial charge in [0, 0.05) is 24.1 Å². The van der Waals surface area contributed by atoms with Crippen LogP contribution in [-0.2, 0) is 0 Å². The maximum absolute atomic E-state index is 6.01. The van der Waals surface area contributed by atoms with Crippen molar-refractivity contribution in [3.05, 3.63) is 23.8 Å². The van der Waals surface area contributed by atoms with Gasteiger partial charge in [0.1, 0.15) is 11.5 Å². The Morgan fingerprint density at radius 1 is 1.50 bits per heavy atom. The summed E-state index contributed by atoms with van der Waals surface area (Å²) in [4.78, 5) is 0. The molecule has 2 N–H and O–H groups in total. The lowest BCUT2D eigenvalue weighted by Crippen LogP contribution is -2.27. The molecule has 2 unspecified atom stereocenters. The van der Waals surface area contributed by atoms with Gasteiger partial charge in [-0.25, -0.2) is 0 Å². The van der Waals surface area contributed by atoms with E-state index in [0.29, 0.717) is 0 Å². The van der Waals surface area contributed by atoms with Crippen LogP contribution < -0.4 is 15.2 Å². The molecule has 0 bridgehead atoms. The molecule has 2 atom stereocenters.